The first-order valence-electron chi connectivity index (χ1n) is 21.8. The number of imide groups is 1. The van der Waals surface area contributed by atoms with Gasteiger partial charge in [0.1, 0.15) is 11.9 Å². The Kier molecular flexibility index (Phi) is 12.1. The third-order valence-electron chi connectivity index (χ3n) is 13.2. The van der Waals surface area contributed by atoms with Crippen molar-refractivity contribution in [1.82, 2.24) is 44.0 Å². The smallest absolute Gasteiger partial charge is 0.329 e. The molecule has 1 unspecified atom stereocenters. The topological polar surface area (TPSA) is 191 Å². The van der Waals surface area contributed by atoms with E-state index in [4.69, 9.17) is 10.5 Å². The van der Waals surface area contributed by atoms with E-state index in [1.54, 1.807) is 24.0 Å². The van der Waals surface area contributed by atoms with Crippen LogP contribution in [0.25, 0.3) is 16.6 Å². The van der Waals surface area contributed by atoms with Crippen molar-refractivity contribution in [3.63, 3.8) is 0 Å². The molecule has 7 heterocycles. The van der Waals surface area contributed by atoms with Crippen molar-refractivity contribution in [3.8, 4) is 11.8 Å². The maximum Gasteiger partial charge on any atom is 0.329 e. The van der Waals surface area contributed by atoms with Crippen LogP contribution in [0.3, 0.4) is 0 Å². The van der Waals surface area contributed by atoms with Crippen LogP contribution in [0.2, 0.25) is 0 Å². The predicted octanol–water partition coefficient (Wildman–Crippen LogP) is 2.95. The number of rotatable bonds is 10. The van der Waals surface area contributed by atoms with Gasteiger partial charge in [-0.25, -0.2) is 23.5 Å². The molecule has 0 spiro atoms. The zero-order valence-corrected chi connectivity index (χ0v) is 35.2. The number of morpholine rings is 1. The lowest BCUT2D eigenvalue weighted by Crippen LogP contribution is -2.44. The number of hydrogen-bond donors (Lipinski definition) is 3. The van der Waals surface area contributed by atoms with Gasteiger partial charge in [0.25, 0.3) is 12.3 Å². The molecule has 332 valence electrons. The van der Waals surface area contributed by atoms with Gasteiger partial charge in [-0.1, -0.05) is 17.9 Å². The fourth-order valence-electron chi connectivity index (χ4n) is 9.95. The maximum absolute atomic E-state index is 14.3. The number of nitrogens with zero attached hydrogens (tertiary/aromatic N) is 9. The molecule has 4 aromatic rings. The first kappa shape index (κ1) is 42.3. The number of carbonyl (C=O) groups is 3. The highest BCUT2D eigenvalue weighted by Gasteiger charge is 2.40. The maximum atomic E-state index is 14.3. The lowest BCUT2D eigenvalue weighted by Gasteiger charge is -2.32. The van der Waals surface area contributed by atoms with Gasteiger partial charge in [-0.05, 0) is 75.6 Å². The Labute approximate surface area is 362 Å². The van der Waals surface area contributed by atoms with E-state index in [1.807, 2.05) is 18.2 Å². The summed E-state index contributed by atoms with van der Waals surface area (Å²) in [5.41, 5.74) is 6.96. The van der Waals surface area contributed by atoms with Gasteiger partial charge in [0.05, 0.1) is 59.2 Å². The minimum Gasteiger partial charge on any atom is -0.404 e. The number of aryl methyl sites for hydroxylation is 1. The molecule has 3 aromatic heterocycles. The molecule has 1 aromatic carbocycles. The molecule has 0 radical (unpaired) electrons. The van der Waals surface area contributed by atoms with Crippen LogP contribution in [0.5, 0.6) is 0 Å². The third-order valence-corrected chi connectivity index (χ3v) is 13.2. The summed E-state index contributed by atoms with van der Waals surface area (Å²) in [5.74, 6) is 6.34. The van der Waals surface area contributed by atoms with E-state index in [2.05, 4.69) is 52.2 Å². The Morgan fingerprint density at radius 2 is 1.87 bits per heavy atom. The molecule has 4 aliphatic heterocycles. The van der Waals surface area contributed by atoms with Gasteiger partial charge in [-0.15, -0.1) is 0 Å². The molecule has 19 heteroatoms. The van der Waals surface area contributed by atoms with Crippen LogP contribution in [-0.4, -0.2) is 121 Å². The number of alkyl halides is 2. The summed E-state index contributed by atoms with van der Waals surface area (Å²) >= 11 is 0. The molecule has 5 aliphatic rings. The SMILES string of the molecule is Cn1c(=O)n(C2CCC(=O)NC2=O)c2cccc(C#CCN3CCCN(CC4CCC(n5cc(NC(=O)C(=CN)c6nccc(N7C[C@H]8C[C@@H]7CO8)n6)c(C(F)F)n5)CC4)CC3)c21. The highest BCUT2D eigenvalue weighted by atomic mass is 19.3. The largest absolute Gasteiger partial charge is 0.404 e. The summed E-state index contributed by atoms with van der Waals surface area (Å²) in [6, 6.07) is 6.67. The molecule has 9 rings (SSSR count). The number of piperidine rings is 1. The third kappa shape index (κ3) is 8.71. The van der Waals surface area contributed by atoms with Crippen LogP contribution in [0.15, 0.2) is 47.7 Å². The predicted molar refractivity (Wildman–Crippen MR) is 229 cm³/mol. The Bertz CT molecular complexity index is 2550. The van der Waals surface area contributed by atoms with Crippen LogP contribution >= 0.6 is 0 Å². The second kappa shape index (κ2) is 18.0. The van der Waals surface area contributed by atoms with Crippen LogP contribution in [0.4, 0.5) is 20.3 Å². The van der Waals surface area contributed by atoms with Gasteiger partial charge in [0, 0.05) is 64.8 Å². The summed E-state index contributed by atoms with van der Waals surface area (Å²) < 4.78 is 38.9. The lowest BCUT2D eigenvalue weighted by molar-refractivity contribution is -0.135. The Hall–Kier alpha value is -5.97. The molecule has 1 aliphatic carbocycles. The minimum absolute atomic E-state index is 0.0288. The number of benzene rings is 1. The molecular weight excluding hydrogens is 815 g/mol. The number of nitrogens with two attached hydrogens (primary N) is 1. The number of carbonyl (C=O) groups excluding carboxylic acids is 3. The lowest BCUT2D eigenvalue weighted by atomic mass is 9.85. The number of para-hydroxylation sites is 1. The van der Waals surface area contributed by atoms with Crippen molar-refractivity contribution in [1.29, 1.82) is 0 Å². The molecule has 63 heavy (non-hydrogen) atoms. The fraction of sp³-hybridized carbons (Fsp3) is 0.523. The summed E-state index contributed by atoms with van der Waals surface area (Å²) in [6.45, 7) is 6.50. The van der Waals surface area contributed by atoms with E-state index in [-0.39, 0.29) is 59.7 Å². The number of hydrogen-bond acceptors (Lipinski definition) is 12. The first-order chi connectivity index (χ1) is 30.5. The fourth-order valence-corrected chi connectivity index (χ4v) is 9.95. The highest BCUT2D eigenvalue weighted by molar-refractivity contribution is 6.24. The summed E-state index contributed by atoms with van der Waals surface area (Å²) in [7, 11) is 1.68. The van der Waals surface area contributed by atoms with Gasteiger partial charge in [-0.2, -0.15) is 5.10 Å². The number of amides is 3. The average molecular weight is 867 g/mol. The van der Waals surface area contributed by atoms with E-state index in [0.29, 0.717) is 48.0 Å². The zero-order valence-electron chi connectivity index (χ0n) is 35.2. The second-order valence-corrected chi connectivity index (χ2v) is 17.2. The summed E-state index contributed by atoms with van der Waals surface area (Å²) in [4.78, 5) is 67.0. The second-order valence-electron chi connectivity index (χ2n) is 17.2. The van der Waals surface area contributed by atoms with Crippen LogP contribution < -0.4 is 27.0 Å². The molecule has 3 atom stereocenters. The monoisotopic (exact) mass is 866 g/mol. The quantitative estimate of drug-likeness (QED) is 0.120. The normalized spacial score (nSPS) is 24.7. The molecule has 5 fully saturated rings. The van der Waals surface area contributed by atoms with E-state index in [0.717, 1.165) is 77.4 Å². The van der Waals surface area contributed by atoms with E-state index in [1.165, 1.54) is 15.3 Å². The van der Waals surface area contributed by atoms with E-state index < -0.39 is 30.0 Å². The average Bonchev–Trinajstić information content (AvgIpc) is 4.04. The van der Waals surface area contributed by atoms with Crippen molar-refractivity contribution >= 4 is 45.8 Å². The first-order valence-corrected chi connectivity index (χ1v) is 21.8. The van der Waals surface area contributed by atoms with Crippen molar-refractivity contribution in [2.24, 2.45) is 18.7 Å². The summed E-state index contributed by atoms with van der Waals surface area (Å²) in [5, 5.41) is 9.24. The Morgan fingerprint density at radius 1 is 1.06 bits per heavy atom. The number of ether oxygens (including phenoxy) is 1. The number of anilines is 2. The number of nitrogens with one attached hydrogen (secondary N) is 2. The van der Waals surface area contributed by atoms with Crippen LogP contribution in [0, 0.1) is 17.8 Å². The van der Waals surface area contributed by atoms with Crippen LogP contribution in [-0.2, 0) is 26.2 Å². The molecular formula is C44H52F2N12O5. The molecule has 4 N–H and O–H groups in total. The van der Waals surface area contributed by atoms with Crippen molar-refractivity contribution in [2.75, 3.05) is 62.6 Å². The van der Waals surface area contributed by atoms with Gasteiger partial charge >= 0.3 is 5.69 Å². The highest BCUT2D eigenvalue weighted by Crippen LogP contribution is 2.36. The number of halogens is 2. The molecule has 1 saturated carbocycles. The van der Waals surface area contributed by atoms with Gasteiger partial charge in [0.15, 0.2) is 11.5 Å². The summed E-state index contributed by atoms with van der Waals surface area (Å²) in [6.07, 6.45) is 7.21. The molecule has 4 saturated heterocycles. The minimum atomic E-state index is -2.89. The van der Waals surface area contributed by atoms with Gasteiger partial charge in [-0.3, -0.25) is 38.4 Å². The van der Waals surface area contributed by atoms with E-state index in [9.17, 15) is 28.0 Å². The number of imidazole rings is 1. The van der Waals surface area contributed by atoms with Crippen molar-refractivity contribution in [3.05, 3.63) is 70.4 Å². The molecule has 3 amide bonds. The molecule has 2 bridgehead atoms. The van der Waals surface area contributed by atoms with Crippen LogP contribution in [0.1, 0.15) is 87.0 Å². The zero-order chi connectivity index (χ0) is 43.8. The van der Waals surface area contributed by atoms with Crippen molar-refractivity contribution < 1.29 is 27.9 Å². The number of aromatic nitrogens is 6. The van der Waals surface area contributed by atoms with Gasteiger partial charge in [0.2, 0.25) is 11.8 Å². The molecule has 17 nitrogen and oxygen atoms in total. The Balaban J connectivity index is 0.772. The Morgan fingerprint density at radius 3 is 2.62 bits per heavy atom. The van der Waals surface area contributed by atoms with E-state index >= 15 is 0 Å². The number of fused-ring (bicyclic) bond motifs is 3. The standard InChI is InChI=1S/C44H52F2N12O5/c1-53-39-28(5-2-7-34(39)58(44(53)62)35-12-13-37(59)51-43(35)61)6-3-16-54-17-4-18-55(20-19-54)23-27-8-10-29(11-9-27)57-25-33(38(52-57)40(45)46)49-42(60)32(22-47)41-48-15-14-36(50-41)56-24-31-21-30(56)26-63-31/h2,5,7,14-15,22,25,27,29-31,35,40H,4,8-13,16-21,23-24,26,47H2,1H3,(H,49,60)(H,51,59,61)/t27?,29?,30-,31-,35?/m1/s1. The van der Waals surface area contributed by atoms with Crippen molar-refractivity contribution in [2.45, 2.75) is 82.0 Å². The van der Waals surface area contributed by atoms with Gasteiger partial charge < -0.3 is 25.6 Å².